The maximum atomic E-state index is 11.5. The molecule has 1 fully saturated rings. The molecule has 1 saturated heterocycles. The lowest BCUT2D eigenvalue weighted by atomic mass is 10.1. The molecule has 3 rings (SSSR count). The Morgan fingerprint density at radius 3 is 2.86 bits per heavy atom. The summed E-state index contributed by atoms with van der Waals surface area (Å²) >= 11 is 0. The van der Waals surface area contributed by atoms with Crippen molar-refractivity contribution in [3.05, 3.63) is 18.1 Å². The molecule has 0 radical (unpaired) electrons. The van der Waals surface area contributed by atoms with E-state index in [0.717, 1.165) is 36.5 Å². The zero-order valence-electron chi connectivity index (χ0n) is 13.1. The second kappa shape index (κ2) is 5.49. The zero-order chi connectivity index (χ0) is 15.9. The number of fused-ring (bicyclic) bond motifs is 1. The third kappa shape index (κ3) is 3.06. The van der Waals surface area contributed by atoms with E-state index in [1.807, 2.05) is 0 Å². The number of hydrogen-bond donors (Lipinski definition) is 0. The molecule has 0 bridgehead atoms. The van der Waals surface area contributed by atoms with Gasteiger partial charge in [0.2, 0.25) is 5.65 Å². The summed E-state index contributed by atoms with van der Waals surface area (Å²) in [6.45, 7) is 5.76. The minimum absolute atomic E-state index is 0.175. The fourth-order valence-electron chi connectivity index (χ4n) is 2.96. The maximum absolute atomic E-state index is 11.5. The van der Waals surface area contributed by atoms with Crippen molar-refractivity contribution in [1.29, 1.82) is 0 Å². The van der Waals surface area contributed by atoms with E-state index in [9.17, 15) is 8.42 Å². The van der Waals surface area contributed by atoms with Crippen LogP contribution in [0.5, 0.6) is 0 Å². The fraction of sp³-hybridized carbons (Fsp3) is 0.643. The number of aromatic nitrogens is 4. The molecule has 0 N–H and O–H groups in total. The molecule has 0 amide bonds. The highest BCUT2D eigenvalue weighted by molar-refractivity contribution is 7.90. The molecule has 3 heterocycles. The van der Waals surface area contributed by atoms with Gasteiger partial charge in [-0.25, -0.2) is 8.42 Å². The number of rotatable bonds is 4. The predicted molar refractivity (Wildman–Crippen MR) is 84.9 cm³/mol. The van der Waals surface area contributed by atoms with E-state index in [4.69, 9.17) is 0 Å². The molecule has 2 aromatic heterocycles. The minimum atomic E-state index is -2.94. The summed E-state index contributed by atoms with van der Waals surface area (Å²) in [4.78, 5) is 2.20. The van der Waals surface area contributed by atoms with Crippen molar-refractivity contribution in [3.8, 4) is 0 Å². The number of hydrogen-bond acceptors (Lipinski definition) is 6. The summed E-state index contributed by atoms with van der Waals surface area (Å²) in [6, 6.07) is 2.05. The minimum Gasteiger partial charge on any atom is -0.368 e. The topological polar surface area (TPSA) is 80.5 Å². The van der Waals surface area contributed by atoms with Crippen LogP contribution < -0.4 is 4.90 Å². The Labute approximate surface area is 130 Å². The van der Waals surface area contributed by atoms with Gasteiger partial charge in [0.05, 0.1) is 17.1 Å². The first-order chi connectivity index (χ1) is 10.3. The highest BCUT2D eigenvalue weighted by Crippen LogP contribution is 2.29. The molecule has 1 aliphatic rings. The molecule has 0 aliphatic carbocycles. The van der Waals surface area contributed by atoms with Crippen molar-refractivity contribution in [3.63, 3.8) is 0 Å². The van der Waals surface area contributed by atoms with Gasteiger partial charge in [0.15, 0.2) is 0 Å². The van der Waals surface area contributed by atoms with Gasteiger partial charge < -0.3 is 4.90 Å². The van der Waals surface area contributed by atoms with E-state index in [1.54, 1.807) is 10.8 Å². The van der Waals surface area contributed by atoms with Gasteiger partial charge in [0, 0.05) is 19.3 Å². The van der Waals surface area contributed by atoms with Crippen molar-refractivity contribution in [1.82, 2.24) is 19.8 Å². The van der Waals surface area contributed by atoms with Crippen LogP contribution in [0.3, 0.4) is 0 Å². The van der Waals surface area contributed by atoms with Crippen molar-refractivity contribution < 1.29 is 8.42 Å². The van der Waals surface area contributed by atoms with Crippen LogP contribution in [0.1, 0.15) is 31.9 Å². The van der Waals surface area contributed by atoms with Crippen LogP contribution in [0.2, 0.25) is 0 Å². The van der Waals surface area contributed by atoms with Crippen molar-refractivity contribution >= 4 is 21.2 Å². The standard InChI is InChI=1S/C14H21N5O2S/c1-10(2)12-6-13(14-16-15-9-19(14)17-12)18-5-4-11(7-18)8-22(3,20)21/h6,9-11H,4-5,7-8H2,1-3H3. The second-order valence-electron chi connectivity index (χ2n) is 6.40. The van der Waals surface area contributed by atoms with Gasteiger partial charge in [-0.15, -0.1) is 10.2 Å². The Morgan fingerprint density at radius 1 is 1.41 bits per heavy atom. The van der Waals surface area contributed by atoms with Crippen LogP contribution in [0.15, 0.2) is 12.4 Å². The first-order valence-corrected chi connectivity index (χ1v) is 9.53. The number of nitrogens with zero attached hydrogens (tertiary/aromatic N) is 5. The van der Waals surface area contributed by atoms with Gasteiger partial charge >= 0.3 is 0 Å². The van der Waals surface area contributed by atoms with Gasteiger partial charge in [-0.05, 0) is 24.3 Å². The summed E-state index contributed by atoms with van der Waals surface area (Å²) in [7, 11) is -2.94. The summed E-state index contributed by atoms with van der Waals surface area (Å²) in [6.07, 6.45) is 3.79. The Balaban J connectivity index is 1.92. The van der Waals surface area contributed by atoms with E-state index >= 15 is 0 Å². The smallest absolute Gasteiger partial charge is 0.200 e. The average Bonchev–Trinajstić information content (AvgIpc) is 3.03. The fourth-order valence-corrected chi connectivity index (χ4v) is 4.09. The molecule has 7 nitrogen and oxygen atoms in total. The van der Waals surface area contributed by atoms with E-state index in [0.29, 0.717) is 5.92 Å². The monoisotopic (exact) mass is 323 g/mol. The molecule has 8 heteroatoms. The third-order valence-corrected chi connectivity index (χ3v) is 5.10. The predicted octanol–water partition coefficient (Wildman–Crippen LogP) is 1.12. The largest absolute Gasteiger partial charge is 0.368 e. The van der Waals surface area contributed by atoms with Crippen LogP contribution in [-0.2, 0) is 9.84 Å². The molecule has 1 atom stereocenters. The average molecular weight is 323 g/mol. The van der Waals surface area contributed by atoms with Gasteiger partial charge in [-0.1, -0.05) is 13.8 Å². The van der Waals surface area contributed by atoms with Crippen LogP contribution in [0.4, 0.5) is 5.69 Å². The van der Waals surface area contributed by atoms with Gasteiger partial charge in [0.1, 0.15) is 16.2 Å². The van der Waals surface area contributed by atoms with Gasteiger partial charge in [0.25, 0.3) is 0 Å². The van der Waals surface area contributed by atoms with Crippen LogP contribution in [-0.4, -0.2) is 53.3 Å². The van der Waals surface area contributed by atoms with Crippen LogP contribution in [0, 0.1) is 5.92 Å². The van der Waals surface area contributed by atoms with Gasteiger partial charge in [-0.3, -0.25) is 0 Å². The quantitative estimate of drug-likeness (QED) is 0.839. The first kappa shape index (κ1) is 15.2. The molecular formula is C14H21N5O2S. The Hall–Kier alpha value is -1.70. The third-order valence-electron chi connectivity index (χ3n) is 4.02. The lowest BCUT2D eigenvalue weighted by Crippen LogP contribution is -2.23. The number of sulfone groups is 1. The molecule has 0 spiro atoms. The molecule has 1 aliphatic heterocycles. The normalized spacial score (nSPS) is 19.5. The van der Waals surface area contributed by atoms with E-state index in [2.05, 4.69) is 40.1 Å². The summed E-state index contributed by atoms with van der Waals surface area (Å²) in [5, 5.41) is 12.6. The van der Waals surface area contributed by atoms with Crippen LogP contribution in [0.25, 0.3) is 5.65 Å². The Bertz CT molecular complexity index is 784. The second-order valence-corrected chi connectivity index (χ2v) is 8.59. The molecule has 0 aromatic carbocycles. The van der Waals surface area contributed by atoms with Crippen molar-refractivity contribution in [2.24, 2.45) is 5.92 Å². The maximum Gasteiger partial charge on any atom is 0.200 e. The zero-order valence-corrected chi connectivity index (χ0v) is 13.9. The van der Waals surface area contributed by atoms with E-state index in [-0.39, 0.29) is 11.7 Å². The lowest BCUT2D eigenvalue weighted by Gasteiger charge is -2.20. The van der Waals surface area contributed by atoms with E-state index in [1.165, 1.54) is 6.26 Å². The summed E-state index contributed by atoms with van der Waals surface area (Å²) in [5.74, 6) is 0.725. The molecule has 2 aromatic rings. The van der Waals surface area contributed by atoms with Crippen molar-refractivity contribution in [2.45, 2.75) is 26.2 Å². The van der Waals surface area contributed by atoms with Crippen molar-refractivity contribution in [2.75, 3.05) is 30.0 Å². The Morgan fingerprint density at radius 2 is 2.18 bits per heavy atom. The molecule has 120 valence electrons. The lowest BCUT2D eigenvalue weighted by molar-refractivity contribution is 0.577. The number of anilines is 1. The SMILES string of the molecule is CC(C)c1cc(N2CCC(CS(C)(=O)=O)C2)c2nncn2n1. The molecule has 0 saturated carbocycles. The summed E-state index contributed by atoms with van der Waals surface area (Å²) < 4.78 is 24.7. The van der Waals surface area contributed by atoms with Crippen LogP contribution >= 0.6 is 0 Å². The van der Waals surface area contributed by atoms with Gasteiger partial charge in [-0.2, -0.15) is 9.61 Å². The molecular weight excluding hydrogens is 302 g/mol. The molecule has 1 unspecified atom stereocenters. The highest BCUT2D eigenvalue weighted by atomic mass is 32.2. The molecule has 22 heavy (non-hydrogen) atoms. The Kier molecular flexibility index (Phi) is 3.80. The highest BCUT2D eigenvalue weighted by Gasteiger charge is 2.28. The first-order valence-electron chi connectivity index (χ1n) is 7.47. The summed E-state index contributed by atoms with van der Waals surface area (Å²) in [5.41, 5.74) is 2.70. The van der Waals surface area contributed by atoms with E-state index < -0.39 is 9.84 Å².